The van der Waals surface area contributed by atoms with Gasteiger partial charge in [-0.25, -0.2) is 13.6 Å². The highest BCUT2D eigenvalue weighted by Crippen LogP contribution is 2.31. The Balaban J connectivity index is 1.71. The number of alkyl carbamates (subject to hydrolysis) is 1. The van der Waals surface area contributed by atoms with Gasteiger partial charge in [-0.05, 0) is 51.0 Å². The molecule has 3 N–H and O–H groups in total. The van der Waals surface area contributed by atoms with Crippen molar-refractivity contribution in [1.29, 1.82) is 0 Å². The maximum absolute atomic E-state index is 13.7. The molecule has 1 amide bonds. The first-order chi connectivity index (χ1) is 15.1. The molecule has 32 heavy (non-hydrogen) atoms. The number of nitrogens with one attached hydrogen (secondary N) is 2. The Bertz CT molecular complexity index is 912. The second-order valence-electron chi connectivity index (χ2n) is 8.94. The Morgan fingerprint density at radius 3 is 2.59 bits per heavy atom. The lowest BCUT2D eigenvalue weighted by Gasteiger charge is -2.30. The van der Waals surface area contributed by atoms with Crippen molar-refractivity contribution >= 4 is 6.09 Å². The number of carbonyl (C=O) groups is 1. The number of amides is 1. The van der Waals surface area contributed by atoms with Crippen LogP contribution in [-0.2, 0) is 11.2 Å². The van der Waals surface area contributed by atoms with E-state index in [1.165, 1.54) is 12.1 Å². The van der Waals surface area contributed by atoms with Crippen molar-refractivity contribution < 1.29 is 28.2 Å². The van der Waals surface area contributed by atoms with Gasteiger partial charge in [-0.15, -0.1) is 0 Å². The number of benzene rings is 2. The molecular weight excluding hydrogens is 418 g/mol. The lowest BCUT2D eigenvalue weighted by molar-refractivity contribution is 0.0418. The van der Waals surface area contributed by atoms with Crippen molar-refractivity contribution in [3.63, 3.8) is 0 Å². The van der Waals surface area contributed by atoms with Gasteiger partial charge < -0.3 is 25.2 Å². The number of hydrogen-bond acceptors (Lipinski definition) is 5. The van der Waals surface area contributed by atoms with Crippen LogP contribution in [-0.4, -0.2) is 42.1 Å². The maximum Gasteiger partial charge on any atom is 0.407 e. The normalized spacial score (nSPS) is 17.6. The molecule has 1 aliphatic heterocycles. The van der Waals surface area contributed by atoms with Crippen LogP contribution in [0.5, 0.6) is 5.75 Å². The minimum Gasteiger partial charge on any atom is -0.493 e. The number of para-hydroxylation sites is 1. The number of aliphatic hydroxyl groups excluding tert-OH is 1. The Morgan fingerprint density at radius 1 is 1.22 bits per heavy atom. The summed E-state index contributed by atoms with van der Waals surface area (Å²) in [4.78, 5) is 12.3. The first-order valence-corrected chi connectivity index (χ1v) is 10.7. The summed E-state index contributed by atoms with van der Waals surface area (Å²) in [7, 11) is 0. The van der Waals surface area contributed by atoms with Gasteiger partial charge in [-0.2, -0.15) is 0 Å². The van der Waals surface area contributed by atoms with E-state index in [9.17, 15) is 18.7 Å². The fourth-order valence-electron chi connectivity index (χ4n) is 3.68. The molecule has 0 fully saturated rings. The maximum atomic E-state index is 13.7. The Hall–Kier alpha value is -2.71. The standard InChI is InChI=1S/C24H30F2N2O4/c1-24(2,3)32-23(30)28-20(12-15-10-16(25)13-17(26)11-15)21(29)14-27-19-8-9-31-22-7-5-4-6-18(19)22/h4-7,10-11,13,19-21,27,29H,8-9,12,14H2,1-3H3,(H,28,30)/t19?,20-,21+/m0/s1. The zero-order valence-electron chi connectivity index (χ0n) is 18.5. The summed E-state index contributed by atoms with van der Waals surface area (Å²) in [6.07, 6.45) is -0.997. The van der Waals surface area contributed by atoms with Crippen LogP contribution in [0.3, 0.4) is 0 Å². The summed E-state index contributed by atoms with van der Waals surface area (Å²) in [6.45, 7) is 5.88. The highest BCUT2D eigenvalue weighted by Gasteiger charge is 2.27. The predicted octanol–water partition coefficient (Wildman–Crippen LogP) is 3.87. The van der Waals surface area contributed by atoms with Crippen LogP contribution in [0.1, 0.15) is 44.4 Å². The highest BCUT2D eigenvalue weighted by atomic mass is 19.1. The van der Waals surface area contributed by atoms with Gasteiger partial charge in [0.2, 0.25) is 0 Å². The Labute approximate surface area is 186 Å². The number of halogens is 2. The first kappa shape index (κ1) is 23.9. The van der Waals surface area contributed by atoms with Crippen molar-refractivity contribution in [2.24, 2.45) is 0 Å². The molecule has 2 aromatic rings. The van der Waals surface area contributed by atoms with Gasteiger partial charge in [-0.3, -0.25) is 0 Å². The molecule has 8 heteroatoms. The number of fused-ring (bicyclic) bond motifs is 1. The molecule has 0 bridgehead atoms. The lowest BCUT2D eigenvalue weighted by atomic mass is 9.98. The molecule has 3 atom stereocenters. The molecule has 0 saturated carbocycles. The first-order valence-electron chi connectivity index (χ1n) is 10.7. The van der Waals surface area contributed by atoms with Crippen LogP contribution in [0.15, 0.2) is 42.5 Å². The number of hydrogen-bond donors (Lipinski definition) is 3. The second-order valence-corrected chi connectivity index (χ2v) is 8.94. The van der Waals surface area contributed by atoms with E-state index in [4.69, 9.17) is 9.47 Å². The zero-order valence-corrected chi connectivity index (χ0v) is 18.5. The van der Waals surface area contributed by atoms with Crippen molar-refractivity contribution in [3.8, 4) is 5.75 Å². The van der Waals surface area contributed by atoms with Crippen LogP contribution < -0.4 is 15.4 Å². The summed E-state index contributed by atoms with van der Waals surface area (Å²) in [5, 5.41) is 16.8. The molecule has 0 spiro atoms. The van der Waals surface area contributed by atoms with E-state index in [0.29, 0.717) is 12.2 Å². The molecule has 0 aromatic heterocycles. The number of ether oxygens (including phenoxy) is 2. The van der Waals surface area contributed by atoms with E-state index in [2.05, 4.69) is 10.6 Å². The predicted molar refractivity (Wildman–Crippen MR) is 117 cm³/mol. The quantitative estimate of drug-likeness (QED) is 0.599. The van der Waals surface area contributed by atoms with E-state index < -0.39 is 35.5 Å². The molecule has 0 aliphatic carbocycles. The number of aliphatic hydroxyl groups is 1. The van der Waals surface area contributed by atoms with Crippen LogP contribution in [0.2, 0.25) is 0 Å². The van der Waals surface area contributed by atoms with Gasteiger partial charge >= 0.3 is 6.09 Å². The number of rotatable bonds is 7. The molecule has 2 aromatic carbocycles. The summed E-state index contributed by atoms with van der Waals surface area (Å²) in [6, 6.07) is 9.97. The van der Waals surface area contributed by atoms with Crippen molar-refractivity contribution in [2.75, 3.05) is 13.2 Å². The fraction of sp³-hybridized carbons (Fsp3) is 0.458. The van der Waals surface area contributed by atoms with Crippen molar-refractivity contribution in [2.45, 2.75) is 57.4 Å². The monoisotopic (exact) mass is 448 g/mol. The molecule has 0 saturated heterocycles. The van der Waals surface area contributed by atoms with E-state index in [-0.39, 0.29) is 19.0 Å². The van der Waals surface area contributed by atoms with Crippen LogP contribution >= 0.6 is 0 Å². The molecule has 174 valence electrons. The second kappa shape index (κ2) is 10.3. The van der Waals surface area contributed by atoms with Crippen LogP contribution in [0.25, 0.3) is 0 Å². The molecule has 3 rings (SSSR count). The average molecular weight is 449 g/mol. The third-order valence-electron chi connectivity index (χ3n) is 5.08. The number of carbonyl (C=O) groups excluding carboxylic acids is 1. The van der Waals surface area contributed by atoms with Gasteiger partial charge in [-0.1, -0.05) is 18.2 Å². The highest BCUT2D eigenvalue weighted by molar-refractivity contribution is 5.68. The molecule has 1 unspecified atom stereocenters. The topological polar surface area (TPSA) is 79.8 Å². The summed E-state index contributed by atoms with van der Waals surface area (Å²) >= 11 is 0. The fourth-order valence-corrected chi connectivity index (χ4v) is 3.68. The van der Waals surface area contributed by atoms with E-state index in [1.807, 2.05) is 24.3 Å². The zero-order chi connectivity index (χ0) is 23.3. The molecule has 0 radical (unpaired) electrons. The van der Waals surface area contributed by atoms with E-state index >= 15 is 0 Å². The molecule has 6 nitrogen and oxygen atoms in total. The lowest BCUT2D eigenvalue weighted by Crippen LogP contribution is -2.50. The Kier molecular flexibility index (Phi) is 7.69. The molecule has 1 heterocycles. The minimum absolute atomic E-state index is 0.0246. The smallest absolute Gasteiger partial charge is 0.407 e. The van der Waals surface area contributed by atoms with Gasteiger partial charge in [0.1, 0.15) is 23.0 Å². The van der Waals surface area contributed by atoms with E-state index in [1.54, 1.807) is 20.8 Å². The summed E-state index contributed by atoms with van der Waals surface area (Å²) in [5.41, 5.74) is 0.586. The van der Waals surface area contributed by atoms with Gasteiger partial charge in [0.15, 0.2) is 0 Å². The van der Waals surface area contributed by atoms with Crippen LogP contribution in [0.4, 0.5) is 13.6 Å². The van der Waals surface area contributed by atoms with E-state index in [0.717, 1.165) is 23.8 Å². The SMILES string of the molecule is CC(C)(C)OC(=O)N[C@@H](Cc1cc(F)cc(F)c1)[C@H](O)CNC1CCOc2ccccc21. The van der Waals surface area contributed by atoms with Gasteiger partial charge in [0.25, 0.3) is 0 Å². The largest absolute Gasteiger partial charge is 0.493 e. The third kappa shape index (κ3) is 6.90. The van der Waals surface area contributed by atoms with Crippen LogP contribution in [0, 0.1) is 11.6 Å². The minimum atomic E-state index is -1.04. The molecular formula is C24H30F2N2O4. The Morgan fingerprint density at radius 2 is 1.91 bits per heavy atom. The molecule has 1 aliphatic rings. The van der Waals surface area contributed by atoms with Crippen molar-refractivity contribution in [1.82, 2.24) is 10.6 Å². The summed E-state index contributed by atoms with van der Waals surface area (Å²) < 4.78 is 38.3. The van der Waals surface area contributed by atoms with Crippen molar-refractivity contribution in [3.05, 3.63) is 65.2 Å². The average Bonchev–Trinajstić information content (AvgIpc) is 2.69. The van der Waals surface area contributed by atoms with Gasteiger partial charge in [0, 0.05) is 30.6 Å². The summed E-state index contributed by atoms with van der Waals surface area (Å²) in [5.74, 6) is -0.644. The third-order valence-corrected chi connectivity index (χ3v) is 5.08. The van der Waals surface area contributed by atoms with Gasteiger partial charge in [0.05, 0.1) is 18.8 Å².